The topological polar surface area (TPSA) is 96.2 Å². The van der Waals surface area contributed by atoms with Gasteiger partial charge in [-0.25, -0.2) is 4.79 Å². The molecule has 1 aromatic rings. The number of carbonyl (C=O) groups is 1. The molecule has 0 atom stereocenters. The molecule has 0 spiro atoms. The van der Waals surface area contributed by atoms with Crippen LogP contribution in [-0.2, 0) is 9.47 Å². The Labute approximate surface area is 219 Å². The molecule has 0 unspecified atom stereocenters. The Kier molecular flexibility index (Phi) is 8.67. The number of amides is 1. The van der Waals surface area contributed by atoms with Crippen molar-refractivity contribution >= 4 is 17.9 Å². The molecular formula is C29H36N4O4. The number of hydrogen-bond acceptors (Lipinski definition) is 7. The van der Waals surface area contributed by atoms with Gasteiger partial charge in [0, 0.05) is 37.8 Å². The van der Waals surface area contributed by atoms with Gasteiger partial charge < -0.3 is 24.4 Å². The first kappa shape index (κ1) is 26.5. The van der Waals surface area contributed by atoms with E-state index in [2.05, 4.69) is 28.5 Å². The maximum atomic E-state index is 12.4. The molecule has 1 amide bonds. The third kappa shape index (κ3) is 7.46. The van der Waals surface area contributed by atoms with Gasteiger partial charge in [-0.15, -0.1) is 0 Å². The lowest BCUT2D eigenvalue weighted by Crippen LogP contribution is -2.39. The molecule has 0 aliphatic carbocycles. The van der Waals surface area contributed by atoms with Crippen molar-refractivity contribution in [3.63, 3.8) is 0 Å². The maximum Gasteiger partial charge on any atom is 0.410 e. The van der Waals surface area contributed by atoms with E-state index in [0.717, 1.165) is 41.7 Å². The van der Waals surface area contributed by atoms with Gasteiger partial charge in [0.05, 0.1) is 18.8 Å². The highest BCUT2D eigenvalue weighted by atomic mass is 16.6. The molecule has 1 N–H and O–H groups in total. The van der Waals surface area contributed by atoms with E-state index in [0.29, 0.717) is 50.7 Å². The van der Waals surface area contributed by atoms with E-state index in [4.69, 9.17) is 14.2 Å². The summed E-state index contributed by atoms with van der Waals surface area (Å²) in [6.45, 7) is 8.58. The van der Waals surface area contributed by atoms with Gasteiger partial charge in [0.15, 0.2) is 0 Å². The molecule has 3 aliphatic rings. The standard InChI is InChI=1S/C29H36N4O4/c1-29(2,3)37-28(34)33-14-9-22(10-15-33)26-6-4-21(8-13-31-20-32-26)23-5-7-27(24(18-23)19-30)36-25-11-16-35-17-12-25/h5-9,13,18,25,32H,4,10-12,14-17,20H2,1-3H3/b21-8+,26-6-,31-13-. The van der Waals surface area contributed by atoms with Gasteiger partial charge in [0.1, 0.15) is 30.2 Å². The predicted octanol–water partition coefficient (Wildman–Crippen LogP) is 4.97. The van der Waals surface area contributed by atoms with Crippen LogP contribution in [0.25, 0.3) is 5.57 Å². The van der Waals surface area contributed by atoms with Crippen LogP contribution in [0.15, 0.2) is 52.7 Å². The number of nitrogens with one attached hydrogen (secondary N) is 1. The molecule has 0 bridgehead atoms. The lowest BCUT2D eigenvalue weighted by molar-refractivity contribution is 0.0253. The average molecular weight is 505 g/mol. The average Bonchev–Trinajstić information content (AvgIpc) is 3.01. The summed E-state index contributed by atoms with van der Waals surface area (Å²) in [5.74, 6) is 0.621. The second kappa shape index (κ2) is 12.1. The number of carbonyl (C=O) groups excluding carboxylic acids is 1. The van der Waals surface area contributed by atoms with Gasteiger partial charge in [-0.3, -0.25) is 4.99 Å². The maximum absolute atomic E-state index is 12.4. The van der Waals surface area contributed by atoms with Gasteiger partial charge in [-0.2, -0.15) is 5.26 Å². The number of ether oxygens (including phenoxy) is 3. The van der Waals surface area contributed by atoms with Gasteiger partial charge in [0.2, 0.25) is 0 Å². The van der Waals surface area contributed by atoms with E-state index in [1.54, 1.807) is 11.1 Å². The zero-order valence-electron chi connectivity index (χ0n) is 22.0. The molecule has 8 nitrogen and oxygen atoms in total. The van der Waals surface area contributed by atoms with E-state index >= 15 is 0 Å². The lowest BCUT2D eigenvalue weighted by atomic mass is 9.97. The molecule has 4 rings (SSSR count). The zero-order valence-corrected chi connectivity index (χ0v) is 22.0. The van der Waals surface area contributed by atoms with E-state index in [1.807, 2.05) is 45.0 Å². The van der Waals surface area contributed by atoms with Crippen LogP contribution in [0.3, 0.4) is 0 Å². The van der Waals surface area contributed by atoms with Crippen molar-refractivity contribution in [1.82, 2.24) is 10.2 Å². The Morgan fingerprint density at radius 3 is 2.73 bits per heavy atom. The first-order chi connectivity index (χ1) is 17.8. The Morgan fingerprint density at radius 2 is 2.03 bits per heavy atom. The number of rotatable bonds is 4. The molecule has 3 aliphatic heterocycles. The summed E-state index contributed by atoms with van der Waals surface area (Å²) in [7, 11) is 0. The highest BCUT2D eigenvalue weighted by Crippen LogP contribution is 2.29. The van der Waals surface area contributed by atoms with Crippen LogP contribution in [0, 0.1) is 11.3 Å². The number of hydrogen-bond donors (Lipinski definition) is 1. The van der Waals surface area contributed by atoms with Gasteiger partial charge >= 0.3 is 6.09 Å². The van der Waals surface area contributed by atoms with Crippen LogP contribution in [0.4, 0.5) is 4.79 Å². The number of nitriles is 1. The van der Waals surface area contributed by atoms with Gasteiger partial charge in [0.25, 0.3) is 0 Å². The molecule has 1 saturated heterocycles. The van der Waals surface area contributed by atoms with Gasteiger partial charge in [-0.05, 0) is 68.5 Å². The minimum atomic E-state index is -0.510. The minimum absolute atomic E-state index is 0.0783. The Balaban J connectivity index is 1.47. The molecule has 0 saturated carbocycles. The van der Waals surface area contributed by atoms with Gasteiger partial charge in [-0.1, -0.05) is 18.2 Å². The number of benzene rings is 1. The second-order valence-corrected chi connectivity index (χ2v) is 10.3. The summed E-state index contributed by atoms with van der Waals surface area (Å²) >= 11 is 0. The Hall–Kier alpha value is -3.57. The fourth-order valence-corrected chi connectivity index (χ4v) is 4.44. The third-order valence-corrected chi connectivity index (χ3v) is 6.41. The largest absolute Gasteiger partial charge is 0.489 e. The smallest absolute Gasteiger partial charge is 0.410 e. The molecule has 196 valence electrons. The summed E-state index contributed by atoms with van der Waals surface area (Å²) in [5.41, 5.74) is 4.23. The molecule has 1 aromatic carbocycles. The normalized spacial score (nSPS) is 22.9. The lowest BCUT2D eigenvalue weighted by Gasteiger charge is -2.30. The molecule has 8 heteroatoms. The third-order valence-electron chi connectivity index (χ3n) is 6.41. The first-order valence-electron chi connectivity index (χ1n) is 12.9. The molecule has 0 aromatic heterocycles. The summed E-state index contributed by atoms with van der Waals surface area (Å²) in [6.07, 6.45) is 10.9. The van der Waals surface area contributed by atoms with Crippen LogP contribution in [-0.4, -0.2) is 61.9 Å². The molecule has 1 fully saturated rings. The second-order valence-electron chi connectivity index (χ2n) is 10.3. The van der Waals surface area contributed by atoms with Crippen molar-refractivity contribution < 1.29 is 19.0 Å². The Bertz CT molecular complexity index is 1150. The monoisotopic (exact) mass is 504 g/mol. The molecule has 3 heterocycles. The SMILES string of the molecule is CC(C)(C)OC(=O)N1CC=C(/C2=C/C/C(c3ccc(OC4CCOCC4)c(C#N)c3)=C\C=N/CN2)CC1. The summed E-state index contributed by atoms with van der Waals surface area (Å²) in [6, 6.07) is 8.09. The molecular weight excluding hydrogens is 468 g/mol. The van der Waals surface area contributed by atoms with Crippen LogP contribution in [0.1, 0.15) is 57.6 Å². The van der Waals surface area contributed by atoms with E-state index in [-0.39, 0.29) is 12.2 Å². The van der Waals surface area contributed by atoms with Crippen LogP contribution in [0.2, 0.25) is 0 Å². The van der Waals surface area contributed by atoms with Crippen LogP contribution < -0.4 is 10.1 Å². The van der Waals surface area contributed by atoms with E-state index < -0.39 is 5.60 Å². The van der Waals surface area contributed by atoms with E-state index in [9.17, 15) is 10.1 Å². The van der Waals surface area contributed by atoms with Crippen molar-refractivity contribution in [3.8, 4) is 11.8 Å². The van der Waals surface area contributed by atoms with Crippen LogP contribution in [0.5, 0.6) is 5.75 Å². The van der Waals surface area contributed by atoms with Crippen molar-refractivity contribution in [1.29, 1.82) is 5.26 Å². The van der Waals surface area contributed by atoms with Crippen LogP contribution >= 0.6 is 0 Å². The number of aliphatic imine (C=N–C) groups is 1. The fraction of sp³-hybridized carbons (Fsp3) is 0.483. The highest BCUT2D eigenvalue weighted by Gasteiger charge is 2.24. The summed E-state index contributed by atoms with van der Waals surface area (Å²) in [5, 5.41) is 13.2. The quantitative estimate of drug-likeness (QED) is 0.622. The fourth-order valence-electron chi connectivity index (χ4n) is 4.44. The van der Waals surface area contributed by atoms with Crippen molar-refractivity contribution in [3.05, 3.63) is 58.8 Å². The number of nitrogens with zero attached hydrogens (tertiary/aromatic N) is 3. The number of allylic oxidation sites excluding steroid dienone is 4. The summed E-state index contributed by atoms with van der Waals surface area (Å²) < 4.78 is 17.0. The van der Waals surface area contributed by atoms with E-state index in [1.165, 1.54) is 0 Å². The zero-order chi connectivity index (χ0) is 26.3. The van der Waals surface area contributed by atoms with Crippen molar-refractivity contribution in [2.24, 2.45) is 4.99 Å². The summed E-state index contributed by atoms with van der Waals surface area (Å²) in [4.78, 5) is 18.6. The first-order valence-corrected chi connectivity index (χ1v) is 12.9. The highest BCUT2D eigenvalue weighted by molar-refractivity contribution is 5.85. The Morgan fingerprint density at radius 1 is 1.22 bits per heavy atom. The minimum Gasteiger partial charge on any atom is -0.489 e. The predicted molar refractivity (Wildman–Crippen MR) is 143 cm³/mol. The van der Waals surface area contributed by atoms with Crippen molar-refractivity contribution in [2.45, 2.75) is 58.2 Å². The molecule has 37 heavy (non-hydrogen) atoms. The van der Waals surface area contributed by atoms with Crippen molar-refractivity contribution in [2.75, 3.05) is 33.0 Å². The molecule has 0 radical (unpaired) electrons.